The zero-order chi connectivity index (χ0) is 25.9. The van der Waals surface area contributed by atoms with Gasteiger partial charge in [-0.2, -0.15) is 0 Å². The number of carbonyl (C=O) groups excluding carboxylic acids is 1. The van der Waals surface area contributed by atoms with Gasteiger partial charge in [-0.05, 0) is 87.5 Å². The lowest BCUT2D eigenvalue weighted by atomic mass is 10.2. The highest BCUT2D eigenvalue weighted by Crippen LogP contribution is 2.32. The Bertz CT molecular complexity index is 1340. The molecule has 1 aromatic heterocycles. The Kier molecular flexibility index (Phi) is 7.10. The van der Waals surface area contributed by atoms with E-state index in [-0.39, 0.29) is 18.5 Å². The van der Waals surface area contributed by atoms with Crippen LogP contribution in [-0.2, 0) is 4.74 Å². The normalized spacial score (nSPS) is 11.5. The van der Waals surface area contributed by atoms with Crippen LogP contribution in [0.1, 0.15) is 31.3 Å². The summed E-state index contributed by atoms with van der Waals surface area (Å²) in [6.45, 7) is 5.83. The summed E-state index contributed by atoms with van der Waals surface area (Å²) < 4.78 is 59.7. The summed E-state index contributed by atoms with van der Waals surface area (Å²) in [5, 5.41) is 0.779. The summed E-state index contributed by atoms with van der Waals surface area (Å²) >= 11 is 0. The molecule has 0 spiro atoms. The molecule has 4 rings (SSSR count). The maximum absolute atomic E-state index is 12.7. The SMILES string of the molecule is CCOC(=O)c1cc2ccc(Oc3ccc(OC(F)(F)F)cc3)cc2n1-c1ccc(OC(C)C)cc1. The minimum Gasteiger partial charge on any atom is -0.491 e. The maximum Gasteiger partial charge on any atom is 0.573 e. The highest BCUT2D eigenvalue weighted by atomic mass is 19.4. The number of alkyl halides is 3. The van der Waals surface area contributed by atoms with Crippen LogP contribution in [0, 0.1) is 0 Å². The van der Waals surface area contributed by atoms with Crippen LogP contribution in [0.25, 0.3) is 16.6 Å². The first-order valence-corrected chi connectivity index (χ1v) is 11.3. The number of benzene rings is 3. The van der Waals surface area contributed by atoms with Crippen LogP contribution in [0.4, 0.5) is 13.2 Å². The van der Waals surface area contributed by atoms with Crippen molar-refractivity contribution in [2.24, 2.45) is 0 Å². The number of nitrogens with zero attached hydrogens (tertiary/aromatic N) is 1. The van der Waals surface area contributed by atoms with E-state index in [0.717, 1.165) is 11.1 Å². The number of carbonyl (C=O) groups is 1. The molecule has 36 heavy (non-hydrogen) atoms. The van der Waals surface area contributed by atoms with Crippen LogP contribution < -0.4 is 14.2 Å². The zero-order valence-electron chi connectivity index (χ0n) is 19.8. The van der Waals surface area contributed by atoms with Crippen molar-refractivity contribution in [1.82, 2.24) is 4.57 Å². The first-order valence-electron chi connectivity index (χ1n) is 11.3. The first kappa shape index (κ1) is 25.0. The second-order valence-corrected chi connectivity index (χ2v) is 8.09. The quantitative estimate of drug-likeness (QED) is 0.238. The first-order chi connectivity index (χ1) is 17.1. The van der Waals surface area contributed by atoms with Crippen molar-refractivity contribution in [3.63, 3.8) is 0 Å². The number of fused-ring (bicyclic) bond motifs is 1. The molecule has 0 aliphatic carbocycles. The summed E-state index contributed by atoms with van der Waals surface area (Å²) in [6.07, 6.45) is -4.75. The van der Waals surface area contributed by atoms with Crippen LogP contribution in [0.5, 0.6) is 23.0 Å². The molecule has 4 aromatic rings. The molecule has 0 fully saturated rings. The molecule has 0 N–H and O–H groups in total. The van der Waals surface area contributed by atoms with Gasteiger partial charge in [0.15, 0.2) is 0 Å². The van der Waals surface area contributed by atoms with Gasteiger partial charge in [0.1, 0.15) is 28.7 Å². The lowest BCUT2D eigenvalue weighted by Gasteiger charge is -2.14. The van der Waals surface area contributed by atoms with Gasteiger partial charge in [0.2, 0.25) is 0 Å². The fourth-order valence-corrected chi connectivity index (χ4v) is 3.67. The van der Waals surface area contributed by atoms with E-state index in [1.807, 2.05) is 38.1 Å². The zero-order valence-corrected chi connectivity index (χ0v) is 19.8. The largest absolute Gasteiger partial charge is 0.573 e. The number of aromatic nitrogens is 1. The number of esters is 1. The molecule has 0 saturated heterocycles. The Morgan fingerprint density at radius 3 is 2.08 bits per heavy atom. The molecular formula is C27H24F3NO5. The molecule has 188 valence electrons. The van der Waals surface area contributed by atoms with Crippen molar-refractivity contribution in [2.75, 3.05) is 6.61 Å². The average molecular weight is 499 g/mol. The minimum absolute atomic E-state index is 0.0205. The van der Waals surface area contributed by atoms with Crippen LogP contribution in [-0.4, -0.2) is 29.6 Å². The molecule has 0 amide bonds. The Labute approximate surface area is 205 Å². The van der Waals surface area contributed by atoms with E-state index in [4.69, 9.17) is 14.2 Å². The molecule has 0 saturated carbocycles. The van der Waals surface area contributed by atoms with Gasteiger partial charge in [0.25, 0.3) is 0 Å². The van der Waals surface area contributed by atoms with Crippen molar-refractivity contribution >= 4 is 16.9 Å². The molecular weight excluding hydrogens is 475 g/mol. The third kappa shape index (κ3) is 5.91. The van der Waals surface area contributed by atoms with Crippen molar-refractivity contribution in [2.45, 2.75) is 33.2 Å². The number of halogens is 3. The third-order valence-corrected chi connectivity index (χ3v) is 5.02. The summed E-state index contributed by atoms with van der Waals surface area (Å²) in [4.78, 5) is 12.7. The van der Waals surface area contributed by atoms with E-state index in [2.05, 4.69) is 4.74 Å². The molecule has 0 atom stereocenters. The fourth-order valence-electron chi connectivity index (χ4n) is 3.67. The molecule has 0 bridgehead atoms. The van der Waals surface area contributed by atoms with Gasteiger partial charge < -0.3 is 23.5 Å². The molecule has 6 nitrogen and oxygen atoms in total. The number of hydrogen-bond acceptors (Lipinski definition) is 5. The standard InChI is InChI=1S/C27H24F3NO5/c1-4-33-26(32)25-15-18-5-8-23(35-21-11-13-22(14-12-21)36-27(28,29)30)16-24(18)31(25)19-6-9-20(10-7-19)34-17(2)3/h5-17H,4H2,1-3H3. The van der Waals surface area contributed by atoms with E-state index in [9.17, 15) is 18.0 Å². The summed E-state index contributed by atoms with van der Waals surface area (Å²) in [7, 11) is 0. The van der Waals surface area contributed by atoms with E-state index >= 15 is 0 Å². The summed E-state index contributed by atoms with van der Waals surface area (Å²) in [5.74, 6) is 0.635. The predicted octanol–water partition coefficient (Wildman–Crippen LogP) is 7.29. The van der Waals surface area contributed by atoms with Gasteiger partial charge in [0.05, 0.1) is 18.2 Å². The van der Waals surface area contributed by atoms with Gasteiger partial charge in [-0.15, -0.1) is 13.2 Å². The fraction of sp³-hybridized carbons (Fsp3) is 0.222. The molecule has 0 radical (unpaired) electrons. The summed E-state index contributed by atoms with van der Waals surface area (Å²) in [6, 6.07) is 19.4. The number of hydrogen-bond donors (Lipinski definition) is 0. The van der Waals surface area contributed by atoms with E-state index in [0.29, 0.717) is 28.5 Å². The van der Waals surface area contributed by atoms with Crippen LogP contribution in [0.15, 0.2) is 72.8 Å². The Hall–Kier alpha value is -4.14. The van der Waals surface area contributed by atoms with E-state index in [1.165, 1.54) is 24.3 Å². The minimum atomic E-state index is -4.77. The lowest BCUT2D eigenvalue weighted by Crippen LogP contribution is -2.16. The Morgan fingerprint density at radius 1 is 0.861 bits per heavy atom. The number of rotatable bonds is 8. The van der Waals surface area contributed by atoms with Crippen molar-refractivity contribution in [3.8, 4) is 28.7 Å². The van der Waals surface area contributed by atoms with Crippen LogP contribution in [0.3, 0.4) is 0 Å². The topological polar surface area (TPSA) is 58.9 Å². The summed E-state index contributed by atoms with van der Waals surface area (Å²) in [5.41, 5.74) is 1.75. The Balaban J connectivity index is 1.69. The maximum atomic E-state index is 12.7. The van der Waals surface area contributed by atoms with Crippen LogP contribution in [0.2, 0.25) is 0 Å². The van der Waals surface area contributed by atoms with Gasteiger partial charge in [-0.25, -0.2) is 4.79 Å². The van der Waals surface area contributed by atoms with E-state index < -0.39 is 12.3 Å². The predicted molar refractivity (Wildman–Crippen MR) is 128 cm³/mol. The lowest BCUT2D eigenvalue weighted by molar-refractivity contribution is -0.274. The second-order valence-electron chi connectivity index (χ2n) is 8.09. The smallest absolute Gasteiger partial charge is 0.491 e. The highest BCUT2D eigenvalue weighted by Gasteiger charge is 2.31. The second kappa shape index (κ2) is 10.2. The van der Waals surface area contributed by atoms with Crippen LogP contribution >= 0.6 is 0 Å². The van der Waals surface area contributed by atoms with E-state index in [1.54, 1.807) is 35.8 Å². The molecule has 0 aliphatic rings. The highest BCUT2D eigenvalue weighted by molar-refractivity contribution is 5.97. The van der Waals surface area contributed by atoms with Crippen molar-refractivity contribution in [1.29, 1.82) is 0 Å². The third-order valence-electron chi connectivity index (χ3n) is 5.02. The average Bonchev–Trinajstić information content (AvgIpc) is 3.19. The molecule has 9 heteroatoms. The molecule has 1 heterocycles. The van der Waals surface area contributed by atoms with Gasteiger partial charge in [-0.1, -0.05) is 0 Å². The van der Waals surface area contributed by atoms with Crippen molar-refractivity contribution < 1.29 is 36.9 Å². The van der Waals surface area contributed by atoms with Crippen molar-refractivity contribution in [3.05, 3.63) is 78.5 Å². The van der Waals surface area contributed by atoms with Gasteiger partial charge in [0, 0.05) is 17.1 Å². The number of ether oxygens (including phenoxy) is 4. The van der Waals surface area contributed by atoms with Gasteiger partial charge in [-0.3, -0.25) is 0 Å². The Morgan fingerprint density at radius 2 is 1.47 bits per heavy atom. The molecule has 3 aromatic carbocycles. The monoisotopic (exact) mass is 499 g/mol. The van der Waals surface area contributed by atoms with Gasteiger partial charge >= 0.3 is 12.3 Å². The molecule has 0 aliphatic heterocycles. The molecule has 0 unspecified atom stereocenters.